The van der Waals surface area contributed by atoms with E-state index in [0.29, 0.717) is 5.69 Å². The number of carbonyl (C=O) groups excluding carboxylic acids is 3. The van der Waals surface area contributed by atoms with Crippen molar-refractivity contribution in [1.29, 1.82) is 0 Å². The second-order valence-electron chi connectivity index (χ2n) is 7.04. The molecule has 0 radical (unpaired) electrons. The van der Waals surface area contributed by atoms with Crippen LogP contribution in [0.1, 0.15) is 43.3 Å². The van der Waals surface area contributed by atoms with Gasteiger partial charge in [-0.3, -0.25) is 9.59 Å². The molecule has 2 aromatic rings. The number of hydrogen-bond acceptors (Lipinski definition) is 5. The third kappa shape index (κ3) is 7.14. The largest absolute Gasteiger partial charge is 0.459 e. The number of ether oxygens (including phenoxy) is 1. The molecule has 0 fully saturated rings. The molecule has 0 saturated heterocycles. The average Bonchev–Trinajstić information content (AvgIpc) is 3.14. The van der Waals surface area contributed by atoms with E-state index < -0.39 is 11.7 Å². The minimum absolute atomic E-state index is 0.0896. The van der Waals surface area contributed by atoms with Crippen LogP contribution >= 0.6 is 0 Å². The maximum absolute atomic E-state index is 12.2. The lowest BCUT2D eigenvalue weighted by atomic mass is 10.1. The Balaban J connectivity index is 1.82. The summed E-state index contributed by atoms with van der Waals surface area (Å²) in [4.78, 5) is 35.7. The number of alkyl carbamates (subject to hydrolysis) is 1. The molecule has 150 valence electrons. The fourth-order valence-corrected chi connectivity index (χ4v) is 2.27. The Bertz CT molecular complexity index is 809. The highest BCUT2D eigenvalue weighted by Gasteiger charge is 2.16. The van der Waals surface area contributed by atoms with Gasteiger partial charge in [0.15, 0.2) is 5.76 Å². The summed E-state index contributed by atoms with van der Waals surface area (Å²) in [5.74, 6) is -0.386. The molecule has 8 heteroatoms. The van der Waals surface area contributed by atoms with Crippen LogP contribution in [0.4, 0.5) is 10.5 Å². The van der Waals surface area contributed by atoms with E-state index in [0.717, 1.165) is 5.56 Å². The topological polar surface area (TPSA) is 110 Å². The van der Waals surface area contributed by atoms with Gasteiger partial charge < -0.3 is 25.1 Å². The average molecular weight is 387 g/mol. The van der Waals surface area contributed by atoms with Crippen LogP contribution in [0.25, 0.3) is 0 Å². The zero-order chi connectivity index (χ0) is 20.6. The standard InChI is InChI=1S/C20H25N3O5/c1-20(2,3)28-19(26)21-11-10-17(24)23-15-8-5-4-7-14(15)13-22-18(25)16-9-6-12-27-16/h4-9,12H,10-11,13H2,1-3H3,(H,21,26)(H,22,25)(H,23,24). The van der Waals surface area contributed by atoms with Crippen LogP contribution in [-0.4, -0.2) is 30.1 Å². The lowest BCUT2D eigenvalue weighted by molar-refractivity contribution is -0.116. The highest BCUT2D eigenvalue weighted by molar-refractivity contribution is 5.93. The number of para-hydroxylation sites is 1. The fraction of sp³-hybridized carbons (Fsp3) is 0.350. The van der Waals surface area contributed by atoms with Crippen LogP contribution in [-0.2, 0) is 16.1 Å². The molecular weight excluding hydrogens is 362 g/mol. The van der Waals surface area contributed by atoms with Crippen LogP contribution < -0.4 is 16.0 Å². The third-order valence-corrected chi connectivity index (χ3v) is 3.50. The van der Waals surface area contributed by atoms with Crippen LogP contribution in [0.3, 0.4) is 0 Å². The predicted molar refractivity (Wildman–Crippen MR) is 104 cm³/mol. The Hall–Kier alpha value is -3.29. The molecular formula is C20H25N3O5. The summed E-state index contributed by atoms with van der Waals surface area (Å²) < 4.78 is 10.2. The summed E-state index contributed by atoms with van der Waals surface area (Å²) in [6, 6.07) is 10.3. The minimum atomic E-state index is -0.592. The first-order valence-corrected chi connectivity index (χ1v) is 8.91. The number of amides is 3. The first kappa shape index (κ1) is 21.0. The molecule has 2 rings (SSSR count). The molecule has 3 amide bonds. The number of nitrogens with one attached hydrogen (secondary N) is 3. The molecule has 0 bridgehead atoms. The Morgan fingerprint density at radius 2 is 1.79 bits per heavy atom. The highest BCUT2D eigenvalue weighted by atomic mass is 16.6. The number of anilines is 1. The first-order valence-electron chi connectivity index (χ1n) is 8.91. The van der Waals surface area contributed by atoms with E-state index in [2.05, 4.69) is 16.0 Å². The van der Waals surface area contributed by atoms with Crippen molar-refractivity contribution in [2.45, 2.75) is 39.3 Å². The van der Waals surface area contributed by atoms with Gasteiger partial charge in [0, 0.05) is 25.2 Å². The number of carbonyl (C=O) groups is 3. The molecule has 28 heavy (non-hydrogen) atoms. The van der Waals surface area contributed by atoms with E-state index in [1.54, 1.807) is 51.1 Å². The summed E-state index contributed by atoms with van der Waals surface area (Å²) in [6.07, 6.45) is 0.946. The molecule has 1 aromatic carbocycles. The van der Waals surface area contributed by atoms with Crippen molar-refractivity contribution in [3.63, 3.8) is 0 Å². The lowest BCUT2D eigenvalue weighted by Gasteiger charge is -2.19. The molecule has 0 spiro atoms. The number of benzene rings is 1. The Morgan fingerprint density at radius 1 is 1.04 bits per heavy atom. The highest BCUT2D eigenvalue weighted by Crippen LogP contribution is 2.15. The Morgan fingerprint density at radius 3 is 2.46 bits per heavy atom. The van der Waals surface area contributed by atoms with E-state index in [4.69, 9.17) is 9.15 Å². The van der Waals surface area contributed by atoms with Gasteiger partial charge in [-0.1, -0.05) is 18.2 Å². The number of hydrogen-bond donors (Lipinski definition) is 3. The maximum Gasteiger partial charge on any atom is 0.407 e. The van der Waals surface area contributed by atoms with Gasteiger partial charge >= 0.3 is 6.09 Å². The summed E-state index contributed by atoms with van der Waals surface area (Å²) in [7, 11) is 0. The lowest BCUT2D eigenvalue weighted by Crippen LogP contribution is -2.34. The summed E-state index contributed by atoms with van der Waals surface area (Å²) in [5, 5.41) is 8.06. The van der Waals surface area contributed by atoms with Gasteiger partial charge in [-0.2, -0.15) is 0 Å². The van der Waals surface area contributed by atoms with Crippen molar-refractivity contribution in [1.82, 2.24) is 10.6 Å². The molecule has 0 aliphatic carbocycles. The van der Waals surface area contributed by atoms with Crippen molar-refractivity contribution < 1.29 is 23.5 Å². The van der Waals surface area contributed by atoms with E-state index in [9.17, 15) is 14.4 Å². The SMILES string of the molecule is CC(C)(C)OC(=O)NCCC(=O)Nc1ccccc1CNC(=O)c1ccco1. The monoisotopic (exact) mass is 387 g/mol. The molecule has 0 unspecified atom stereocenters. The quantitative estimate of drug-likeness (QED) is 0.676. The Labute approximate surface area is 163 Å². The van der Waals surface area contributed by atoms with Crippen LogP contribution in [0.5, 0.6) is 0 Å². The zero-order valence-electron chi connectivity index (χ0n) is 16.2. The van der Waals surface area contributed by atoms with Gasteiger partial charge in [-0.25, -0.2) is 4.79 Å². The minimum Gasteiger partial charge on any atom is -0.459 e. The van der Waals surface area contributed by atoms with Crippen molar-refractivity contribution in [3.8, 4) is 0 Å². The molecule has 0 atom stereocenters. The third-order valence-electron chi connectivity index (χ3n) is 3.50. The van der Waals surface area contributed by atoms with Crippen LogP contribution in [0.2, 0.25) is 0 Å². The van der Waals surface area contributed by atoms with Gasteiger partial charge in [0.1, 0.15) is 5.60 Å². The van der Waals surface area contributed by atoms with Gasteiger partial charge in [0.05, 0.1) is 6.26 Å². The fourth-order valence-electron chi connectivity index (χ4n) is 2.27. The van der Waals surface area contributed by atoms with E-state index in [-0.39, 0.29) is 37.1 Å². The van der Waals surface area contributed by atoms with Crippen molar-refractivity contribution in [2.75, 3.05) is 11.9 Å². The zero-order valence-corrected chi connectivity index (χ0v) is 16.2. The molecule has 0 aliphatic heterocycles. The number of furan rings is 1. The van der Waals surface area contributed by atoms with Gasteiger partial charge in [0.2, 0.25) is 5.91 Å². The van der Waals surface area contributed by atoms with E-state index in [1.807, 2.05) is 6.07 Å². The maximum atomic E-state index is 12.2. The van der Waals surface area contributed by atoms with Gasteiger partial charge in [-0.15, -0.1) is 0 Å². The van der Waals surface area contributed by atoms with Gasteiger partial charge in [0.25, 0.3) is 5.91 Å². The summed E-state index contributed by atoms with van der Waals surface area (Å²) in [6.45, 7) is 5.67. The van der Waals surface area contributed by atoms with Crippen molar-refractivity contribution >= 4 is 23.6 Å². The first-order chi connectivity index (χ1) is 13.2. The second kappa shape index (κ2) is 9.59. The van der Waals surface area contributed by atoms with E-state index >= 15 is 0 Å². The molecule has 0 aliphatic rings. The molecule has 8 nitrogen and oxygen atoms in total. The van der Waals surface area contributed by atoms with Crippen molar-refractivity contribution in [2.24, 2.45) is 0 Å². The van der Waals surface area contributed by atoms with Crippen LogP contribution in [0.15, 0.2) is 47.1 Å². The second-order valence-corrected chi connectivity index (χ2v) is 7.04. The molecule has 3 N–H and O–H groups in total. The van der Waals surface area contributed by atoms with Gasteiger partial charge in [-0.05, 0) is 44.5 Å². The van der Waals surface area contributed by atoms with Crippen LogP contribution in [0, 0.1) is 0 Å². The normalized spacial score (nSPS) is 10.8. The molecule has 1 aromatic heterocycles. The molecule has 1 heterocycles. The predicted octanol–water partition coefficient (Wildman–Crippen LogP) is 3.06. The van der Waals surface area contributed by atoms with Crippen molar-refractivity contribution in [3.05, 3.63) is 54.0 Å². The smallest absolute Gasteiger partial charge is 0.407 e. The number of rotatable bonds is 7. The Kier molecular flexibility index (Phi) is 7.20. The summed E-state index contributed by atoms with van der Waals surface area (Å²) >= 11 is 0. The molecule has 0 saturated carbocycles. The summed E-state index contributed by atoms with van der Waals surface area (Å²) in [5.41, 5.74) is 0.742. The van der Waals surface area contributed by atoms with E-state index in [1.165, 1.54) is 6.26 Å².